The molecule has 0 fully saturated rings. The van der Waals surface area contributed by atoms with Crippen LogP contribution in [0.5, 0.6) is 0 Å². The number of nitrogens with one attached hydrogen (secondary N) is 2. The number of carbonyl (C=O) groups excluding carboxylic acids is 1. The minimum Gasteiger partial charge on any atom is -0.351 e. The first-order valence-electron chi connectivity index (χ1n) is 6.88. The smallest absolute Gasteiger partial charge is 0.234 e. The van der Waals surface area contributed by atoms with Gasteiger partial charge in [0.05, 0.1) is 12.7 Å². The first-order valence-corrected chi connectivity index (χ1v) is 7.64. The first-order chi connectivity index (χ1) is 10.5. The molecule has 0 aliphatic rings. The minimum absolute atomic E-state index is 0.0542. The Bertz CT molecular complexity index is 657. The van der Waals surface area contributed by atoms with Gasteiger partial charge in [0.15, 0.2) is 0 Å². The number of aromatic nitrogens is 2. The molecule has 1 heterocycles. The van der Waals surface area contributed by atoms with Gasteiger partial charge in [-0.25, -0.2) is 0 Å². The van der Waals surface area contributed by atoms with Crippen molar-refractivity contribution in [2.45, 2.75) is 19.5 Å². The topological polar surface area (TPSA) is 59.0 Å². The van der Waals surface area contributed by atoms with E-state index in [4.69, 9.17) is 23.2 Å². The van der Waals surface area contributed by atoms with Crippen molar-refractivity contribution in [1.82, 2.24) is 20.4 Å². The Morgan fingerprint density at radius 3 is 2.82 bits per heavy atom. The maximum Gasteiger partial charge on any atom is 0.234 e. The number of benzene rings is 1. The van der Waals surface area contributed by atoms with Crippen molar-refractivity contribution < 1.29 is 4.79 Å². The van der Waals surface area contributed by atoms with E-state index < -0.39 is 0 Å². The van der Waals surface area contributed by atoms with E-state index in [-0.39, 0.29) is 18.5 Å². The van der Waals surface area contributed by atoms with Crippen LogP contribution in [0.3, 0.4) is 0 Å². The highest BCUT2D eigenvalue weighted by molar-refractivity contribution is 6.35. The highest BCUT2D eigenvalue weighted by atomic mass is 35.5. The number of amides is 1. The van der Waals surface area contributed by atoms with E-state index >= 15 is 0 Å². The van der Waals surface area contributed by atoms with Crippen molar-refractivity contribution in [1.29, 1.82) is 0 Å². The van der Waals surface area contributed by atoms with Gasteiger partial charge in [-0.2, -0.15) is 5.10 Å². The fourth-order valence-electron chi connectivity index (χ4n) is 1.95. The van der Waals surface area contributed by atoms with Crippen LogP contribution >= 0.6 is 23.2 Å². The average Bonchev–Trinajstić information content (AvgIpc) is 2.90. The highest BCUT2D eigenvalue weighted by Gasteiger charge is 2.09. The Balaban J connectivity index is 1.78. The zero-order valence-electron chi connectivity index (χ0n) is 12.4. The van der Waals surface area contributed by atoms with Crippen LogP contribution in [-0.4, -0.2) is 22.2 Å². The van der Waals surface area contributed by atoms with Gasteiger partial charge in [-0.05, 0) is 24.6 Å². The van der Waals surface area contributed by atoms with Gasteiger partial charge in [-0.15, -0.1) is 0 Å². The average molecular weight is 341 g/mol. The Morgan fingerprint density at radius 2 is 2.18 bits per heavy atom. The summed E-state index contributed by atoms with van der Waals surface area (Å²) in [6.45, 7) is 2.58. The van der Waals surface area contributed by atoms with Gasteiger partial charge in [0.1, 0.15) is 0 Å². The molecule has 0 radical (unpaired) electrons. The molecule has 1 aromatic carbocycles. The van der Waals surface area contributed by atoms with Crippen LogP contribution in [0.1, 0.15) is 24.1 Å². The van der Waals surface area contributed by atoms with Gasteiger partial charge >= 0.3 is 0 Å². The normalized spacial score (nSPS) is 12.2. The van der Waals surface area contributed by atoms with Crippen LogP contribution in [0, 0.1) is 0 Å². The summed E-state index contributed by atoms with van der Waals surface area (Å²) >= 11 is 11.9. The highest BCUT2D eigenvalue weighted by Crippen LogP contribution is 2.20. The Morgan fingerprint density at radius 1 is 1.41 bits per heavy atom. The van der Waals surface area contributed by atoms with Gasteiger partial charge in [0.25, 0.3) is 0 Å². The van der Waals surface area contributed by atoms with Crippen molar-refractivity contribution in [3.63, 3.8) is 0 Å². The van der Waals surface area contributed by atoms with Crippen molar-refractivity contribution in [3.05, 3.63) is 51.8 Å². The largest absolute Gasteiger partial charge is 0.351 e. The third kappa shape index (κ3) is 4.73. The molecule has 0 aliphatic carbocycles. The number of carbonyl (C=O) groups is 1. The number of hydrogen-bond donors (Lipinski definition) is 2. The summed E-state index contributed by atoms with van der Waals surface area (Å²) in [4.78, 5) is 11.9. The molecule has 0 bridgehead atoms. The molecule has 0 saturated carbocycles. The quantitative estimate of drug-likeness (QED) is 0.849. The molecule has 118 valence electrons. The summed E-state index contributed by atoms with van der Waals surface area (Å²) < 4.78 is 1.73. The monoisotopic (exact) mass is 340 g/mol. The summed E-state index contributed by atoms with van der Waals surface area (Å²) in [5.41, 5.74) is 1.87. The SMILES string of the molecule is CC(NCC(=O)NCc1ccc(Cl)cc1Cl)c1cnn(C)c1. The van der Waals surface area contributed by atoms with Crippen LogP contribution in [0.15, 0.2) is 30.6 Å². The van der Waals surface area contributed by atoms with Gasteiger partial charge in [-0.3, -0.25) is 9.48 Å². The fourth-order valence-corrected chi connectivity index (χ4v) is 2.42. The maximum absolute atomic E-state index is 11.9. The predicted octanol–water partition coefficient (Wildman–Crippen LogP) is 2.69. The molecule has 7 heteroatoms. The number of rotatable bonds is 6. The minimum atomic E-state index is -0.0956. The van der Waals surface area contributed by atoms with Crippen LogP contribution in [0.2, 0.25) is 10.0 Å². The summed E-state index contributed by atoms with van der Waals surface area (Å²) in [6, 6.07) is 5.26. The van der Waals surface area contributed by atoms with Crippen LogP contribution in [-0.2, 0) is 18.4 Å². The van der Waals surface area contributed by atoms with Crippen LogP contribution < -0.4 is 10.6 Å². The second-order valence-corrected chi connectivity index (χ2v) is 5.91. The van der Waals surface area contributed by atoms with Crippen molar-refractivity contribution in [2.24, 2.45) is 7.05 Å². The van der Waals surface area contributed by atoms with E-state index in [2.05, 4.69) is 15.7 Å². The molecular formula is C15H18Cl2N4O. The van der Waals surface area contributed by atoms with E-state index in [9.17, 15) is 4.79 Å². The second kappa shape index (κ2) is 7.63. The van der Waals surface area contributed by atoms with E-state index in [1.165, 1.54) is 0 Å². The lowest BCUT2D eigenvalue weighted by atomic mass is 10.2. The number of hydrogen-bond acceptors (Lipinski definition) is 3. The Kier molecular flexibility index (Phi) is 5.83. The van der Waals surface area contributed by atoms with E-state index in [0.29, 0.717) is 16.6 Å². The molecule has 2 rings (SSSR count). The summed E-state index contributed by atoms with van der Waals surface area (Å²) in [6.07, 6.45) is 3.70. The molecule has 0 spiro atoms. The van der Waals surface area contributed by atoms with Gasteiger partial charge in [0.2, 0.25) is 5.91 Å². The molecule has 0 aliphatic heterocycles. The van der Waals surface area contributed by atoms with E-state index in [0.717, 1.165) is 11.1 Å². The lowest BCUT2D eigenvalue weighted by molar-refractivity contribution is -0.120. The number of aryl methyl sites for hydroxylation is 1. The molecule has 1 aromatic heterocycles. The van der Waals surface area contributed by atoms with Crippen molar-refractivity contribution in [2.75, 3.05) is 6.54 Å². The zero-order chi connectivity index (χ0) is 16.1. The lowest BCUT2D eigenvalue weighted by Crippen LogP contribution is -2.34. The van der Waals surface area contributed by atoms with Crippen molar-refractivity contribution in [3.8, 4) is 0 Å². The summed E-state index contributed by atoms with van der Waals surface area (Å²) in [5.74, 6) is -0.0956. The molecule has 22 heavy (non-hydrogen) atoms. The zero-order valence-corrected chi connectivity index (χ0v) is 13.9. The third-order valence-electron chi connectivity index (χ3n) is 3.28. The third-order valence-corrected chi connectivity index (χ3v) is 3.87. The Labute approximate surface area is 139 Å². The first kappa shape index (κ1) is 16.8. The molecule has 2 aromatic rings. The molecule has 1 atom stereocenters. The fraction of sp³-hybridized carbons (Fsp3) is 0.333. The molecular weight excluding hydrogens is 323 g/mol. The standard InChI is InChI=1S/C15H18Cl2N4O/c1-10(12-7-20-21(2)9-12)18-8-15(22)19-6-11-3-4-13(16)5-14(11)17/h3-5,7,9-10,18H,6,8H2,1-2H3,(H,19,22). The molecule has 1 unspecified atom stereocenters. The van der Waals surface area contributed by atoms with E-state index in [1.807, 2.05) is 20.2 Å². The number of halogens is 2. The molecule has 1 amide bonds. The van der Waals surface area contributed by atoms with Gasteiger partial charge in [-0.1, -0.05) is 29.3 Å². The van der Waals surface area contributed by atoms with Crippen LogP contribution in [0.25, 0.3) is 0 Å². The van der Waals surface area contributed by atoms with Gasteiger partial charge in [0, 0.05) is 41.4 Å². The maximum atomic E-state index is 11.9. The summed E-state index contributed by atoms with van der Waals surface area (Å²) in [5, 5.41) is 11.2. The molecule has 2 N–H and O–H groups in total. The van der Waals surface area contributed by atoms with Crippen molar-refractivity contribution >= 4 is 29.1 Å². The molecule has 0 saturated heterocycles. The lowest BCUT2D eigenvalue weighted by Gasteiger charge is -2.12. The second-order valence-electron chi connectivity index (χ2n) is 5.06. The van der Waals surface area contributed by atoms with E-state index in [1.54, 1.807) is 29.1 Å². The van der Waals surface area contributed by atoms with Gasteiger partial charge < -0.3 is 10.6 Å². The number of nitrogens with zero attached hydrogens (tertiary/aromatic N) is 2. The predicted molar refractivity (Wildman–Crippen MR) is 87.9 cm³/mol. The Hall–Kier alpha value is -1.56. The summed E-state index contributed by atoms with van der Waals surface area (Å²) in [7, 11) is 1.86. The van der Waals surface area contributed by atoms with Crippen LogP contribution in [0.4, 0.5) is 0 Å². The molecule has 5 nitrogen and oxygen atoms in total.